The summed E-state index contributed by atoms with van der Waals surface area (Å²) >= 11 is 0. The van der Waals surface area contributed by atoms with Crippen LogP contribution in [0.25, 0.3) is 0 Å². The number of nitro groups is 1. The summed E-state index contributed by atoms with van der Waals surface area (Å²) < 4.78 is 5.40. The SMILES string of the molecule is CC(N)C1CCCCN1C(=O)COc1cccc([N+](=O)[O-])c1. The maximum Gasteiger partial charge on any atom is 0.273 e. The highest BCUT2D eigenvalue weighted by atomic mass is 16.6. The molecular weight excluding hydrogens is 286 g/mol. The Bertz CT molecular complexity index is 547. The molecule has 1 aromatic carbocycles. The molecule has 0 bridgehead atoms. The molecular formula is C15H21N3O4. The number of hydrogen-bond donors (Lipinski definition) is 1. The second-order valence-electron chi connectivity index (χ2n) is 5.55. The van der Waals surface area contributed by atoms with Crippen LogP contribution >= 0.6 is 0 Å². The molecule has 120 valence electrons. The summed E-state index contributed by atoms with van der Waals surface area (Å²) in [6, 6.07) is 5.78. The van der Waals surface area contributed by atoms with Crippen LogP contribution in [-0.4, -0.2) is 41.0 Å². The van der Waals surface area contributed by atoms with E-state index in [0.29, 0.717) is 12.3 Å². The van der Waals surface area contributed by atoms with Gasteiger partial charge in [0.15, 0.2) is 6.61 Å². The molecule has 1 aliphatic rings. The standard InChI is InChI=1S/C15H21N3O4/c1-11(16)14-7-2-3-8-17(14)15(19)10-22-13-6-4-5-12(9-13)18(20)21/h4-6,9,11,14H,2-3,7-8,10,16H2,1H3. The van der Waals surface area contributed by atoms with E-state index in [9.17, 15) is 14.9 Å². The van der Waals surface area contributed by atoms with Crippen LogP contribution in [0, 0.1) is 10.1 Å². The van der Waals surface area contributed by atoms with E-state index < -0.39 is 4.92 Å². The van der Waals surface area contributed by atoms with Gasteiger partial charge in [-0.15, -0.1) is 0 Å². The number of nitrogens with two attached hydrogens (primary N) is 1. The number of rotatable bonds is 5. The van der Waals surface area contributed by atoms with Gasteiger partial charge in [-0.1, -0.05) is 6.07 Å². The highest BCUT2D eigenvalue weighted by Crippen LogP contribution is 2.21. The molecule has 0 radical (unpaired) electrons. The average Bonchev–Trinajstić information content (AvgIpc) is 2.52. The number of ether oxygens (including phenoxy) is 1. The molecule has 2 rings (SSSR count). The topological polar surface area (TPSA) is 98.7 Å². The molecule has 2 unspecified atom stereocenters. The van der Waals surface area contributed by atoms with E-state index >= 15 is 0 Å². The second kappa shape index (κ2) is 7.22. The van der Waals surface area contributed by atoms with E-state index in [1.165, 1.54) is 18.2 Å². The summed E-state index contributed by atoms with van der Waals surface area (Å²) in [6.07, 6.45) is 2.94. The summed E-state index contributed by atoms with van der Waals surface area (Å²) in [5.41, 5.74) is 5.89. The minimum absolute atomic E-state index is 0.0370. The first-order valence-corrected chi connectivity index (χ1v) is 7.41. The normalized spacial score (nSPS) is 19.5. The van der Waals surface area contributed by atoms with E-state index in [0.717, 1.165) is 19.3 Å². The lowest BCUT2D eigenvalue weighted by atomic mass is 9.97. The van der Waals surface area contributed by atoms with Crippen LogP contribution < -0.4 is 10.5 Å². The quantitative estimate of drug-likeness (QED) is 0.659. The molecule has 1 amide bonds. The zero-order valence-corrected chi connectivity index (χ0v) is 12.6. The van der Waals surface area contributed by atoms with Gasteiger partial charge < -0.3 is 15.4 Å². The van der Waals surface area contributed by atoms with Gasteiger partial charge in [-0.25, -0.2) is 0 Å². The molecule has 7 nitrogen and oxygen atoms in total. The fraction of sp³-hybridized carbons (Fsp3) is 0.533. The lowest BCUT2D eigenvalue weighted by Gasteiger charge is -2.37. The Balaban J connectivity index is 1.97. The van der Waals surface area contributed by atoms with Gasteiger partial charge in [0.2, 0.25) is 0 Å². The van der Waals surface area contributed by atoms with E-state index in [-0.39, 0.29) is 30.3 Å². The Morgan fingerprint density at radius 1 is 1.55 bits per heavy atom. The van der Waals surface area contributed by atoms with Crippen molar-refractivity contribution in [3.8, 4) is 5.75 Å². The Hall–Kier alpha value is -2.15. The van der Waals surface area contributed by atoms with Crippen LogP contribution in [0.5, 0.6) is 5.75 Å². The molecule has 0 aromatic heterocycles. The summed E-state index contributed by atoms with van der Waals surface area (Å²) in [5.74, 6) is 0.186. The first-order chi connectivity index (χ1) is 10.5. The number of amides is 1. The fourth-order valence-electron chi connectivity index (χ4n) is 2.73. The van der Waals surface area contributed by atoms with Crippen LogP contribution in [0.1, 0.15) is 26.2 Å². The first kappa shape index (κ1) is 16.2. The summed E-state index contributed by atoms with van der Waals surface area (Å²) in [6.45, 7) is 2.45. The predicted octanol–water partition coefficient (Wildman–Crippen LogP) is 1.70. The molecule has 0 spiro atoms. The van der Waals surface area contributed by atoms with Gasteiger partial charge in [0.25, 0.3) is 11.6 Å². The number of nitrogens with zero attached hydrogens (tertiary/aromatic N) is 2. The van der Waals surface area contributed by atoms with Gasteiger partial charge in [0.05, 0.1) is 11.0 Å². The zero-order valence-electron chi connectivity index (χ0n) is 12.6. The van der Waals surface area contributed by atoms with Crippen LogP contribution in [0.15, 0.2) is 24.3 Å². The van der Waals surface area contributed by atoms with Gasteiger partial charge in [-0.2, -0.15) is 0 Å². The molecule has 1 aromatic rings. The minimum atomic E-state index is -0.495. The van der Waals surface area contributed by atoms with Crippen molar-refractivity contribution in [3.05, 3.63) is 34.4 Å². The van der Waals surface area contributed by atoms with Gasteiger partial charge in [0.1, 0.15) is 5.75 Å². The van der Waals surface area contributed by atoms with Crippen LogP contribution in [0.3, 0.4) is 0 Å². The van der Waals surface area contributed by atoms with Gasteiger partial charge >= 0.3 is 0 Å². The molecule has 0 aliphatic carbocycles. The number of hydrogen-bond acceptors (Lipinski definition) is 5. The third kappa shape index (κ3) is 3.94. The van der Waals surface area contributed by atoms with Gasteiger partial charge in [-0.05, 0) is 32.3 Å². The number of benzene rings is 1. The summed E-state index contributed by atoms with van der Waals surface area (Å²) in [7, 11) is 0. The smallest absolute Gasteiger partial charge is 0.273 e. The molecule has 22 heavy (non-hydrogen) atoms. The number of likely N-dealkylation sites (tertiary alicyclic amines) is 1. The van der Waals surface area contributed by atoms with Crippen molar-refractivity contribution < 1.29 is 14.5 Å². The van der Waals surface area contributed by atoms with Crippen LogP contribution in [-0.2, 0) is 4.79 Å². The molecule has 1 heterocycles. The molecule has 7 heteroatoms. The predicted molar refractivity (Wildman–Crippen MR) is 81.6 cm³/mol. The van der Waals surface area contributed by atoms with Crippen molar-refractivity contribution in [1.82, 2.24) is 4.90 Å². The highest BCUT2D eigenvalue weighted by molar-refractivity contribution is 5.78. The Morgan fingerprint density at radius 3 is 3.00 bits per heavy atom. The lowest BCUT2D eigenvalue weighted by molar-refractivity contribution is -0.384. The number of carbonyl (C=O) groups is 1. The van der Waals surface area contributed by atoms with Crippen molar-refractivity contribution in [3.63, 3.8) is 0 Å². The maximum atomic E-state index is 12.3. The molecule has 2 N–H and O–H groups in total. The largest absolute Gasteiger partial charge is 0.484 e. The third-order valence-corrected chi connectivity index (χ3v) is 3.87. The van der Waals surface area contributed by atoms with Gasteiger partial charge in [0, 0.05) is 24.7 Å². The Morgan fingerprint density at radius 2 is 2.32 bits per heavy atom. The van der Waals surface area contributed by atoms with E-state index in [4.69, 9.17) is 10.5 Å². The molecule has 2 atom stereocenters. The minimum Gasteiger partial charge on any atom is -0.484 e. The molecule has 0 saturated carbocycles. The van der Waals surface area contributed by atoms with E-state index in [1.54, 1.807) is 11.0 Å². The van der Waals surface area contributed by atoms with Gasteiger partial charge in [-0.3, -0.25) is 14.9 Å². The maximum absolute atomic E-state index is 12.3. The number of non-ortho nitro benzene ring substituents is 1. The van der Waals surface area contributed by atoms with Crippen molar-refractivity contribution >= 4 is 11.6 Å². The highest BCUT2D eigenvalue weighted by Gasteiger charge is 2.29. The molecule has 1 aliphatic heterocycles. The van der Waals surface area contributed by atoms with Crippen LogP contribution in [0.4, 0.5) is 5.69 Å². The number of nitro benzene ring substituents is 1. The van der Waals surface area contributed by atoms with E-state index in [1.807, 2.05) is 6.92 Å². The zero-order chi connectivity index (χ0) is 16.1. The van der Waals surface area contributed by atoms with Crippen molar-refractivity contribution in [2.24, 2.45) is 5.73 Å². The van der Waals surface area contributed by atoms with Crippen molar-refractivity contribution in [2.45, 2.75) is 38.3 Å². The molecule has 1 saturated heterocycles. The van der Waals surface area contributed by atoms with Crippen LogP contribution in [0.2, 0.25) is 0 Å². The number of piperidine rings is 1. The van der Waals surface area contributed by atoms with Crippen molar-refractivity contribution in [1.29, 1.82) is 0 Å². The Labute approximate surface area is 129 Å². The monoisotopic (exact) mass is 307 g/mol. The Kier molecular flexibility index (Phi) is 5.32. The molecule has 1 fully saturated rings. The van der Waals surface area contributed by atoms with E-state index in [2.05, 4.69) is 0 Å². The third-order valence-electron chi connectivity index (χ3n) is 3.87. The summed E-state index contributed by atoms with van der Waals surface area (Å²) in [5, 5.41) is 10.7. The summed E-state index contributed by atoms with van der Waals surface area (Å²) in [4.78, 5) is 24.3. The fourth-order valence-corrected chi connectivity index (χ4v) is 2.73. The lowest BCUT2D eigenvalue weighted by Crippen LogP contribution is -2.52. The average molecular weight is 307 g/mol. The first-order valence-electron chi connectivity index (χ1n) is 7.41. The second-order valence-corrected chi connectivity index (χ2v) is 5.55. The van der Waals surface area contributed by atoms with Crippen molar-refractivity contribution in [2.75, 3.05) is 13.2 Å². The number of carbonyl (C=O) groups excluding carboxylic acids is 1.